The SMILES string of the molecule is O=C(Nc1ccc2c(c1)C[C@@H](C(=O)NCc1ccc(F)cc1)CO2)c1cccc(Cl)c1. The van der Waals surface area contributed by atoms with Crippen LogP contribution in [-0.2, 0) is 17.8 Å². The fraction of sp³-hybridized carbons (Fsp3) is 0.167. The maximum atomic E-state index is 13.0. The number of carbonyl (C=O) groups is 2. The molecule has 0 bridgehead atoms. The van der Waals surface area contributed by atoms with E-state index in [0.717, 1.165) is 11.1 Å². The van der Waals surface area contributed by atoms with Crippen molar-refractivity contribution in [3.05, 3.63) is 94.3 Å². The van der Waals surface area contributed by atoms with E-state index in [2.05, 4.69) is 10.6 Å². The molecule has 0 radical (unpaired) electrons. The van der Waals surface area contributed by atoms with E-state index in [1.54, 1.807) is 48.5 Å². The fourth-order valence-electron chi connectivity index (χ4n) is 3.41. The average molecular weight is 439 g/mol. The molecule has 1 heterocycles. The van der Waals surface area contributed by atoms with Gasteiger partial charge >= 0.3 is 0 Å². The third kappa shape index (κ3) is 5.22. The van der Waals surface area contributed by atoms with Gasteiger partial charge in [-0.15, -0.1) is 0 Å². The van der Waals surface area contributed by atoms with Gasteiger partial charge in [0.2, 0.25) is 5.91 Å². The monoisotopic (exact) mass is 438 g/mol. The standard InChI is InChI=1S/C24H20ClFN2O3/c25-19-3-1-2-16(11-19)24(30)28-21-8-9-22-17(12-21)10-18(14-31-22)23(29)27-13-15-4-6-20(26)7-5-15/h1-9,11-12,18H,10,13-14H2,(H,27,29)(H,28,30)/t18-/m1/s1. The normalized spacial score (nSPS) is 14.8. The highest BCUT2D eigenvalue weighted by Crippen LogP contribution is 2.30. The van der Waals surface area contributed by atoms with Crippen LogP contribution in [0.5, 0.6) is 5.75 Å². The first-order chi connectivity index (χ1) is 15.0. The van der Waals surface area contributed by atoms with Crippen LogP contribution in [0.25, 0.3) is 0 Å². The van der Waals surface area contributed by atoms with Crippen molar-refractivity contribution < 1.29 is 18.7 Å². The van der Waals surface area contributed by atoms with E-state index in [1.165, 1.54) is 12.1 Å². The molecule has 158 valence electrons. The quantitative estimate of drug-likeness (QED) is 0.611. The summed E-state index contributed by atoms with van der Waals surface area (Å²) in [6.45, 7) is 0.592. The molecule has 0 aliphatic carbocycles. The molecule has 1 aliphatic rings. The van der Waals surface area contributed by atoms with E-state index in [4.69, 9.17) is 16.3 Å². The molecule has 2 N–H and O–H groups in total. The van der Waals surface area contributed by atoms with Crippen LogP contribution in [0, 0.1) is 11.7 Å². The lowest BCUT2D eigenvalue weighted by Crippen LogP contribution is -2.37. The molecule has 0 aromatic heterocycles. The Morgan fingerprint density at radius 1 is 1.06 bits per heavy atom. The lowest BCUT2D eigenvalue weighted by molar-refractivity contribution is -0.126. The number of nitrogens with one attached hydrogen (secondary N) is 2. The van der Waals surface area contributed by atoms with Gasteiger partial charge in [-0.1, -0.05) is 29.8 Å². The molecule has 31 heavy (non-hydrogen) atoms. The highest BCUT2D eigenvalue weighted by Gasteiger charge is 2.26. The van der Waals surface area contributed by atoms with Gasteiger partial charge in [0.05, 0.1) is 5.92 Å². The van der Waals surface area contributed by atoms with E-state index in [0.29, 0.717) is 35.0 Å². The average Bonchev–Trinajstić information content (AvgIpc) is 2.78. The van der Waals surface area contributed by atoms with Gasteiger partial charge in [0.1, 0.15) is 18.2 Å². The van der Waals surface area contributed by atoms with Crippen molar-refractivity contribution in [2.75, 3.05) is 11.9 Å². The Hall–Kier alpha value is -3.38. The van der Waals surface area contributed by atoms with Crippen molar-refractivity contribution in [1.29, 1.82) is 0 Å². The van der Waals surface area contributed by atoms with Crippen molar-refractivity contribution in [3.63, 3.8) is 0 Å². The maximum absolute atomic E-state index is 13.0. The second kappa shape index (κ2) is 9.18. The summed E-state index contributed by atoms with van der Waals surface area (Å²) < 4.78 is 18.8. The topological polar surface area (TPSA) is 67.4 Å². The molecule has 0 saturated heterocycles. The lowest BCUT2D eigenvalue weighted by atomic mass is 9.95. The van der Waals surface area contributed by atoms with Gasteiger partial charge in [-0.2, -0.15) is 0 Å². The first-order valence-electron chi connectivity index (χ1n) is 9.83. The van der Waals surface area contributed by atoms with Crippen LogP contribution >= 0.6 is 11.6 Å². The molecule has 2 amide bonds. The van der Waals surface area contributed by atoms with E-state index in [1.807, 2.05) is 6.07 Å². The van der Waals surface area contributed by atoms with E-state index in [-0.39, 0.29) is 30.2 Å². The largest absolute Gasteiger partial charge is 0.492 e. The number of anilines is 1. The number of benzene rings is 3. The molecule has 0 unspecified atom stereocenters. The number of carbonyl (C=O) groups excluding carboxylic acids is 2. The van der Waals surface area contributed by atoms with Crippen molar-refractivity contribution in [3.8, 4) is 5.75 Å². The molecule has 0 saturated carbocycles. The van der Waals surface area contributed by atoms with Gasteiger partial charge < -0.3 is 15.4 Å². The smallest absolute Gasteiger partial charge is 0.255 e. The molecule has 1 aliphatic heterocycles. The summed E-state index contributed by atoms with van der Waals surface area (Å²) in [6.07, 6.45) is 0.492. The molecule has 3 aromatic rings. The summed E-state index contributed by atoms with van der Waals surface area (Å²) >= 11 is 5.95. The summed E-state index contributed by atoms with van der Waals surface area (Å²) in [7, 11) is 0. The first kappa shape index (κ1) is 20.9. The Labute approximate surface area is 184 Å². The second-order valence-corrected chi connectivity index (χ2v) is 7.78. The summed E-state index contributed by atoms with van der Waals surface area (Å²) in [6, 6.07) is 18.1. The molecule has 5 nitrogen and oxygen atoms in total. The molecule has 1 atom stereocenters. The molecule has 0 fully saturated rings. The number of ether oxygens (including phenoxy) is 1. The Bertz CT molecular complexity index is 1120. The molecular weight excluding hydrogens is 419 g/mol. The van der Waals surface area contributed by atoms with Crippen molar-refractivity contribution in [2.45, 2.75) is 13.0 Å². The third-order valence-corrected chi connectivity index (χ3v) is 5.30. The van der Waals surface area contributed by atoms with Crippen LogP contribution in [0.1, 0.15) is 21.5 Å². The zero-order chi connectivity index (χ0) is 21.8. The molecule has 4 rings (SSSR count). The van der Waals surface area contributed by atoms with Crippen LogP contribution in [0.3, 0.4) is 0 Å². The lowest BCUT2D eigenvalue weighted by Gasteiger charge is -2.25. The van der Waals surface area contributed by atoms with Gasteiger partial charge in [0, 0.05) is 22.8 Å². The first-order valence-corrected chi connectivity index (χ1v) is 10.2. The zero-order valence-electron chi connectivity index (χ0n) is 16.5. The summed E-state index contributed by atoms with van der Waals surface area (Å²) in [5.74, 6) is -0.378. The van der Waals surface area contributed by atoms with Crippen LogP contribution < -0.4 is 15.4 Å². The minimum atomic E-state index is -0.355. The summed E-state index contributed by atoms with van der Waals surface area (Å²) in [5.41, 5.74) is 2.73. The molecular formula is C24H20ClFN2O3. The number of rotatable bonds is 5. The highest BCUT2D eigenvalue weighted by atomic mass is 35.5. The zero-order valence-corrected chi connectivity index (χ0v) is 17.3. The van der Waals surface area contributed by atoms with Crippen molar-refractivity contribution >= 4 is 29.1 Å². The predicted molar refractivity (Wildman–Crippen MR) is 117 cm³/mol. The number of hydrogen-bond acceptors (Lipinski definition) is 3. The Balaban J connectivity index is 1.39. The Morgan fingerprint density at radius 2 is 1.87 bits per heavy atom. The minimum Gasteiger partial charge on any atom is -0.492 e. The Morgan fingerprint density at radius 3 is 2.65 bits per heavy atom. The van der Waals surface area contributed by atoms with Crippen LogP contribution in [0.15, 0.2) is 66.7 Å². The number of hydrogen-bond donors (Lipinski definition) is 2. The van der Waals surface area contributed by atoms with E-state index < -0.39 is 0 Å². The maximum Gasteiger partial charge on any atom is 0.255 e. The number of fused-ring (bicyclic) bond motifs is 1. The predicted octanol–water partition coefficient (Wildman–Crippen LogP) is 4.60. The number of amides is 2. The molecule has 0 spiro atoms. The highest BCUT2D eigenvalue weighted by molar-refractivity contribution is 6.31. The summed E-state index contributed by atoms with van der Waals surface area (Å²) in [5, 5.41) is 6.20. The number of halogens is 2. The van der Waals surface area contributed by atoms with Crippen LogP contribution in [0.4, 0.5) is 10.1 Å². The third-order valence-electron chi connectivity index (χ3n) is 5.06. The van der Waals surface area contributed by atoms with Crippen molar-refractivity contribution in [2.24, 2.45) is 5.92 Å². The van der Waals surface area contributed by atoms with Crippen LogP contribution in [-0.4, -0.2) is 18.4 Å². The Kier molecular flexibility index (Phi) is 6.18. The van der Waals surface area contributed by atoms with Gasteiger partial charge in [0.25, 0.3) is 5.91 Å². The van der Waals surface area contributed by atoms with Crippen LogP contribution in [0.2, 0.25) is 5.02 Å². The van der Waals surface area contributed by atoms with E-state index >= 15 is 0 Å². The fourth-order valence-corrected chi connectivity index (χ4v) is 3.60. The minimum absolute atomic E-state index is 0.136. The van der Waals surface area contributed by atoms with Gasteiger partial charge in [-0.25, -0.2) is 4.39 Å². The molecule has 7 heteroatoms. The second-order valence-electron chi connectivity index (χ2n) is 7.34. The van der Waals surface area contributed by atoms with E-state index in [9.17, 15) is 14.0 Å². The van der Waals surface area contributed by atoms with Gasteiger partial charge in [-0.3, -0.25) is 9.59 Å². The van der Waals surface area contributed by atoms with Crippen molar-refractivity contribution in [1.82, 2.24) is 5.32 Å². The molecule has 3 aromatic carbocycles. The summed E-state index contributed by atoms with van der Waals surface area (Å²) in [4.78, 5) is 25.0. The van der Waals surface area contributed by atoms with Gasteiger partial charge in [-0.05, 0) is 66.1 Å². The van der Waals surface area contributed by atoms with Gasteiger partial charge in [0.15, 0.2) is 0 Å².